The SMILES string of the molecule is Cc1cc(-c2c(OCCCCCCC(=O)NO)cc(N3CCC(N)CC3)nc2-c2ccc(C#N)c(F)c2)ccn1.Cl. The minimum atomic E-state index is -0.606. The Morgan fingerprint density at radius 2 is 1.93 bits per heavy atom. The maximum absolute atomic E-state index is 14.8. The predicted octanol–water partition coefficient (Wildman–Crippen LogP) is 5.31. The third-order valence-electron chi connectivity index (χ3n) is 7.06. The van der Waals surface area contributed by atoms with E-state index in [1.54, 1.807) is 17.7 Å². The molecule has 3 aromatic rings. The van der Waals surface area contributed by atoms with Crippen molar-refractivity contribution in [3.8, 4) is 34.2 Å². The van der Waals surface area contributed by atoms with Crippen molar-refractivity contribution in [2.45, 2.75) is 57.9 Å². The summed E-state index contributed by atoms with van der Waals surface area (Å²) in [5.74, 6) is 0.366. The molecule has 2 aromatic heterocycles. The Labute approximate surface area is 245 Å². The minimum absolute atomic E-state index is 0. The van der Waals surface area contributed by atoms with Gasteiger partial charge in [0.25, 0.3) is 0 Å². The lowest BCUT2D eigenvalue weighted by molar-refractivity contribution is -0.129. The Morgan fingerprint density at radius 3 is 2.61 bits per heavy atom. The fourth-order valence-corrected chi connectivity index (χ4v) is 4.83. The van der Waals surface area contributed by atoms with Crippen LogP contribution in [-0.2, 0) is 4.79 Å². The molecule has 1 amide bonds. The van der Waals surface area contributed by atoms with E-state index >= 15 is 0 Å². The average molecular weight is 583 g/mol. The van der Waals surface area contributed by atoms with Gasteiger partial charge in [-0.1, -0.05) is 18.9 Å². The van der Waals surface area contributed by atoms with E-state index in [9.17, 15) is 14.4 Å². The molecular formula is C30H36ClFN6O3. The molecule has 0 atom stereocenters. The second-order valence-electron chi connectivity index (χ2n) is 10.1. The van der Waals surface area contributed by atoms with Crippen molar-refractivity contribution in [3.05, 3.63) is 59.7 Å². The van der Waals surface area contributed by atoms with Crippen LogP contribution >= 0.6 is 12.4 Å². The van der Waals surface area contributed by atoms with Crippen LogP contribution in [0.15, 0.2) is 42.6 Å². The van der Waals surface area contributed by atoms with Crippen LogP contribution < -0.4 is 20.9 Å². The van der Waals surface area contributed by atoms with Crippen LogP contribution in [0, 0.1) is 24.1 Å². The number of nitrogens with two attached hydrogens (primary N) is 1. The largest absolute Gasteiger partial charge is 0.493 e. The number of aromatic nitrogens is 2. The van der Waals surface area contributed by atoms with E-state index in [0.717, 1.165) is 67.8 Å². The summed E-state index contributed by atoms with van der Waals surface area (Å²) < 4.78 is 21.2. The van der Waals surface area contributed by atoms with Crippen molar-refractivity contribution in [3.63, 3.8) is 0 Å². The maximum atomic E-state index is 14.8. The summed E-state index contributed by atoms with van der Waals surface area (Å²) in [6.45, 7) is 3.85. The molecule has 11 heteroatoms. The molecule has 41 heavy (non-hydrogen) atoms. The van der Waals surface area contributed by atoms with Crippen LogP contribution in [0.2, 0.25) is 0 Å². The van der Waals surface area contributed by atoms with Gasteiger partial charge in [-0.3, -0.25) is 15.0 Å². The molecule has 218 valence electrons. The summed E-state index contributed by atoms with van der Waals surface area (Å²) in [5.41, 5.74) is 11.3. The van der Waals surface area contributed by atoms with Crippen molar-refractivity contribution >= 4 is 24.1 Å². The number of hydroxylamine groups is 1. The first-order valence-electron chi connectivity index (χ1n) is 13.6. The molecule has 3 heterocycles. The van der Waals surface area contributed by atoms with Crippen molar-refractivity contribution in [2.24, 2.45) is 5.73 Å². The second-order valence-corrected chi connectivity index (χ2v) is 10.1. The van der Waals surface area contributed by atoms with Crippen LogP contribution in [-0.4, -0.2) is 46.8 Å². The highest BCUT2D eigenvalue weighted by Gasteiger charge is 2.23. The molecule has 1 aromatic carbocycles. The molecule has 4 N–H and O–H groups in total. The van der Waals surface area contributed by atoms with Crippen LogP contribution in [0.5, 0.6) is 5.75 Å². The van der Waals surface area contributed by atoms with Gasteiger partial charge < -0.3 is 15.4 Å². The molecule has 0 aliphatic carbocycles. The number of aryl methyl sites for hydroxylation is 1. The van der Waals surface area contributed by atoms with Crippen molar-refractivity contribution < 1.29 is 19.1 Å². The molecule has 0 unspecified atom stereocenters. The highest BCUT2D eigenvalue weighted by atomic mass is 35.5. The number of anilines is 1. The normalized spacial score (nSPS) is 13.3. The molecule has 0 saturated carbocycles. The Balaban J connectivity index is 0.00000462. The van der Waals surface area contributed by atoms with E-state index in [0.29, 0.717) is 30.0 Å². The lowest BCUT2D eigenvalue weighted by Crippen LogP contribution is -2.40. The fraction of sp³-hybridized carbons (Fsp3) is 0.400. The predicted molar refractivity (Wildman–Crippen MR) is 157 cm³/mol. The molecule has 4 rings (SSSR count). The number of rotatable bonds is 11. The Kier molecular flexibility index (Phi) is 11.8. The number of nitrogens with one attached hydrogen (secondary N) is 1. The number of carbonyl (C=O) groups is 1. The Morgan fingerprint density at radius 1 is 1.17 bits per heavy atom. The van der Waals surface area contributed by atoms with E-state index in [1.165, 1.54) is 12.1 Å². The molecule has 0 radical (unpaired) electrons. The van der Waals surface area contributed by atoms with Gasteiger partial charge in [0.05, 0.1) is 23.4 Å². The van der Waals surface area contributed by atoms with Gasteiger partial charge in [-0.15, -0.1) is 12.4 Å². The number of nitriles is 1. The monoisotopic (exact) mass is 582 g/mol. The zero-order chi connectivity index (χ0) is 28.5. The number of unbranched alkanes of at least 4 members (excludes halogenated alkanes) is 3. The molecule has 1 aliphatic rings. The lowest BCUT2D eigenvalue weighted by atomic mass is 9.97. The van der Waals surface area contributed by atoms with Crippen LogP contribution in [0.1, 0.15) is 56.2 Å². The molecule has 0 bridgehead atoms. The topological polar surface area (TPSA) is 137 Å². The van der Waals surface area contributed by atoms with Gasteiger partial charge in [0, 0.05) is 49.1 Å². The zero-order valence-corrected chi connectivity index (χ0v) is 23.9. The van der Waals surface area contributed by atoms with Crippen LogP contribution in [0.3, 0.4) is 0 Å². The number of benzene rings is 1. The summed E-state index contributed by atoms with van der Waals surface area (Å²) in [5, 5.41) is 17.9. The van der Waals surface area contributed by atoms with E-state index in [1.807, 2.05) is 31.2 Å². The average Bonchev–Trinajstić information content (AvgIpc) is 2.96. The summed E-state index contributed by atoms with van der Waals surface area (Å²) in [6, 6.07) is 12.3. The highest BCUT2D eigenvalue weighted by Crippen LogP contribution is 2.41. The van der Waals surface area contributed by atoms with Gasteiger partial charge >= 0.3 is 0 Å². The van der Waals surface area contributed by atoms with E-state index < -0.39 is 5.82 Å². The van der Waals surface area contributed by atoms with Gasteiger partial charge in [-0.2, -0.15) is 5.26 Å². The number of hydrogen-bond acceptors (Lipinski definition) is 8. The van der Waals surface area contributed by atoms with E-state index in [2.05, 4.69) is 9.88 Å². The number of hydrogen-bond donors (Lipinski definition) is 3. The summed E-state index contributed by atoms with van der Waals surface area (Å²) in [4.78, 5) is 22.8. The smallest absolute Gasteiger partial charge is 0.243 e. The van der Waals surface area contributed by atoms with E-state index in [-0.39, 0.29) is 36.3 Å². The quantitative estimate of drug-likeness (QED) is 0.157. The Hall–Kier alpha value is -3.78. The molecule has 1 saturated heterocycles. The molecule has 1 fully saturated rings. The van der Waals surface area contributed by atoms with E-state index in [4.69, 9.17) is 20.7 Å². The first-order valence-corrected chi connectivity index (χ1v) is 13.6. The number of ether oxygens (including phenoxy) is 1. The summed E-state index contributed by atoms with van der Waals surface area (Å²) in [6.07, 6.45) is 6.83. The summed E-state index contributed by atoms with van der Waals surface area (Å²) >= 11 is 0. The third-order valence-corrected chi connectivity index (χ3v) is 7.06. The molecular weight excluding hydrogens is 547 g/mol. The molecule has 1 aliphatic heterocycles. The standard InChI is InChI=1S/C30H35FN6O3.ClH/c1-20-16-21(9-12-34-20)29-26(40-15-5-3-2-4-6-28(38)36-39)18-27(37-13-10-24(33)11-14-37)35-30(29)22-7-8-23(19-32)25(31)17-22;/h7-9,12,16-18,24,39H,2-6,10-11,13-15,33H2,1H3,(H,36,38);1H. The first kappa shape index (κ1) is 31.7. The lowest BCUT2D eigenvalue weighted by Gasteiger charge is -2.32. The highest BCUT2D eigenvalue weighted by molar-refractivity contribution is 5.87. The number of halogens is 2. The van der Waals surface area contributed by atoms with Crippen molar-refractivity contribution in [1.82, 2.24) is 15.4 Å². The van der Waals surface area contributed by atoms with Gasteiger partial charge in [0.15, 0.2) is 0 Å². The number of carbonyl (C=O) groups excluding carboxylic acids is 1. The number of pyridine rings is 2. The first-order chi connectivity index (χ1) is 19.4. The van der Waals surface area contributed by atoms with Gasteiger partial charge in [0.1, 0.15) is 23.5 Å². The van der Waals surface area contributed by atoms with Gasteiger partial charge in [-0.25, -0.2) is 14.9 Å². The van der Waals surface area contributed by atoms with Crippen LogP contribution in [0.4, 0.5) is 10.2 Å². The van der Waals surface area contributed by atoms with Gasteiger partial charge in [0.2, 0.25) is 5.91 Å². The maximum Gasteiger partial charge on any atom is 0.243 e. The number of piperidine rings is 1. The van der Waals surface area contributed by atoms with Crippen molar-refractivity contribution in [1.29, 1.82) is 5.26 Å². The summed E-state index contributed by atoms with van der Waals surface area (Å²) in [7, 11) is 0. The fourth-order valence-electron chi connectivity index (χ4n) is 4.83. The number of amides is 1. The number of nitrogens with zero attached hydrogens (tertiary/aromatic N) is 4. The van der Waals surface area contributed by atoms with Crippen LogP contribution in [0.25, 0.3) is 22.4 Å². The second kappa shape index (κ2) is 15.3. The Bertz CT molecular complexity index is 1370. The zero-order valence-electron chi connectivity index (χ0n) is 23.1. The van der Waals surface area contributed by atoms with Crippen molar-refractivity contribution in [2.75, 3.05) is 24.6 Å². The molecule has 9 nitrogen and oxygen atoms in total. The molecule has 0 spiro atoms. The minimum Gasteiger partial charge on any atom is -0.493 e. The van der Waals surface area contributed by atoms with Gasteiger partial charge in [-0.05, 0) is 62.4 Å². The third kappa shape index (κ3) is 8.36.